The van der Waals surface area contributed by atoms with Crippen molar-refractivity contribution in [3.63, 3.8) is 0 Å². The van der Waals surface area contributed by atoms with Gasteiger partial charge in [0.1, 0.15) is 68.3 Å². The molecule has 0 spiro atoms. The van der Waals surface area contributed by atoms with Gasteiger partial charge < -0.3 is 58.7 Å². The van der Waals surface area contributed by atoms with Crippen LogP contribution in [-0.2, 0) is 62.8 Å². The molecule has 0 aliphatic heterocycles. The van der Waals surface area contributed by atoms with Gasteiger partial charge >= 0.3 is 41.8 Å². The fourth-order valence-corrected chi connectivity index (χ4v) is 15.3. The monoisotopic (exact) mass is 1970 g/mol. The van der Waals surface area contributed by atoms with Crippen LogP contribution in [-0.4, -0.2) is 89.7 Å². The molecule has 5 aliphatic carbocycles. The quantitative estimate of drug-likeness (QED) is 0.0117. The van der Waals surface area contributed by atoms with Gasteiger partial charge in [-0.15, -0.1) is 0 Å². The van der Waals surface area contributed by atoms with Gasteiger partial charge in [0.05, 0.1) is 37.9 Å². The van der Waals surface area contributed by atoms with Crippen LogP contribution in [0.2, 0.25) is 0 Å². The van der Waals surface area contributed by atoms with Gasteiger partial charge in [0.25, 0.3) is 0 Å². The zero-order valence-corrected chi connectivity index (χ0v) is 93.9. The molecule has 0 bridgehead atoms. The van der Waals surface area contributed by atoms with Crippen LogP contribution in [0.3, 0.4) is 0 Å². The maximum absolute atomic E-state index is 12.4. The number of carbonyl (C=O) groups excluding carboxylic acids is 7. The van der Waals surface area contributed by atoms with E-state index in [0.717, 1.165) is 166 Å². The number of carbonyl (C=O) groups is 7. The van der Waals surface area contributed by atoms with Gasteiger partial charge in [-0.1, -0.05) is 184 Å². The van der Waals surface area contributed by atoms with E-state index in [1.165, 1.54) is 79.5 Å². The third-order valence-electron chi connectivity index (χ3n) is 30.8. The van der Waals surface area contributed by atoms with E-state index in [-0.39, 0.29) is 103 Å². The van der Waals surface area contributed by atoms with Crippen molar-refractivity contribution in [1.29, 1.82) is 0 Å². The molecule has 5 fully saturated rings. The topological polar surface area (TPSA) is 285 Å². The predicted octanol–water partition coefficient (Wildman–Crippen LogP) is 33.0. The Hall–Kier alpha value is -9.65. The molecule has 19 nitrogen and oxygen atoms in total. The second kappa shape index (κ2) is 60.3. The number of aromatic hydroxyl groups is 5. The summed E-state index contributed by atoms with van der Waals surface area (Å²) in [5.74, 6) is 3.72. The first-order chi connectivity index (χ1) is 66.3. The molecule has 3 unspecified atom stereocenters. The second-order valence-corrected chi connectivity index (χ2v) is 44.9. The molecule has 0 saturated heterocycles. The lowest BCUT2D eigenvalue weighted by Gasteiger charge is -2.36. The average molecular weight is 1970 g/mol. The van der Waals surface area contributed by atoms with Crippen molar-refractivity contribution in [1.82, 2.24) is 0 Å². The molecule has 5 N–H and O–H groups in total. The number of ether oxygens (including phenoxy) is 7. The lowest BCUT2D eigenvalue weighted by molar-refractivity contribution is -0.175. The zero-order chi connectivity index (χ0) is 108. The summed E-state index contributed by atoms with van der Waals surface area (Å²) in [6.45, 7) is 66.3. The Morgan fingerprint density at radius 1 is 0.310 bits per heavy atom. The van der Waals surface area contributed by atoms with E-state index in [1.807, 2.05) is 206 Å². The van der Waals surface area contributed by atoms with Gasteiger partial charge in [-0.05, 0) is 440 Å². The van der Waals surface area contributed by atoms with Crippen molar-refractivity contribution >= 4 is 41.8 Å². The fourth-order valence-electron chi connectivity index (χ4n) is 15.3. The molecule has 142 heavy (non-hydrogen) atoms. The Bertz CT molecular complexity index is 4420. The first-order valence-corrected chi connectivity index (χ1v) is 53.5. The third kappa shape index (κ3) is 42.9. The average Bonchev–Trinajstić information content (AvgIpc) is 1.61. The highest BCUT2D eigenvalue weighted by Crippen LogP contribution is 2.47. The number of phenols is 5. The van der Waals surface area contributed by atoms with Gasteiger partial charge in [0.15, 0.2) is 0 Å². The minimum atomic E-state index is -0.474. The molecule has 0 aromatic heterocycles. The largest absolute Gasteiger partial charge is 0.508 e. The Balaban J connectivity index is 0.000000535. The maximum Gasteiger partial charge on any atom is 0.316 e. The number of rotatable bonds is 31. The smallest absolute Gasteiger partial charge is 0.316 e. The molecular weight excluding hydrogens is 1780 g/mol. The van der Waals surface area contributed by atoms with Crippen LogP contribution in [0.5, 0.6) is 40.2 Å². The number of hydrogen-bond donors (Lipinski definition) is 5. The summed E-state index contributed by atoms with van der Waals surface area (Å²) in [7, 11) is 0. The van der Waals surface area contributed by atoms with Crippen molar-refractivity contribution < 1.29 is 92.3 Å². The summed E-state index contributed by atoms with van der Waals surface area (Å²) in [6, 6.07) is 44.7. The summed E-state index contributed by atoms with van der Waals surface area (Å²) >= 11 is 0. The van der Waals surface area contributed by atoms with Gasteiger partial charge in [-0.25, -0.2) is 0 Å². The summed E-state index contributed by atoms with van der Waals surface area (Å²) in [6.07, 6.45) is 33.5. The van der Waals surface area contributed by atoms with Crippen LogP contribution >= 0.6 is 0 Å². The molecule has 5 saturated carbocycles. The SMILES string of the molecule is C=CC1(OC(=O)C(C)(C)CC)CCCC1.CCC(C)(C)C(=O)OC1(C(C)C)CCCC1.CCC(C)(C)C(=O)OC1(C)CCCC1.CCC(C)(C)C(=O)OC1(c2ccccc2)CCCC1.CCC(C)(C)C(=O)Oc1ccc(O)cc1.CCC(C)(C)C(=O)Oc1ccc(O)cc1.CCC(C)c1ccc(O)cc1.CCC(C)c1ccc(O)cc1.CCC(C)c1ccc(O)cc1.CCC1(OC(=O)C(C)(C)CC)CCCC1. The molecule has 6 aromatic carbocycles. The van der Waals surface area contributed by atoms with Crippen LogP contribution < -0.4 is 9.47 Å². The van der Waals surface area contributed by atoms with E-state index in [0.29, 0.717) is 52.4 Å². The highest BCUT2D eigenvalue weighted by atomic mass is 16.6. The molecule has 0 heterocycles. The van der Waals surface area contributed by atoms with Crippen LogP contribution in [0.1, 0.15) is 454 Å². The van der Waals surface area contributed by atoms with Crippen LogP contribution in [0.25, 0.3) is 0 Å². The summed E-state index contributed by atoms with van der Waals surface area (Å²) in [5, 5.41) is 45.1. The van der Waals surface area contributed by atoms with E-state index >= 15 is 0 Å². The highest BCUT2D eigenvalue weighted by molar-refractivity contribution is 5.80. The number of esters is 7. The molecular formula is C123H192O19. The van der Waals surface area contributed by atoms with Gasteiger partial charge in [0, 0.05) is 0 Å². The number of phenolic OH excluding ortho intramolecular Hbond substituents is 5. The standard InChI is InChI=1S/C17H24O2.C14H26O2.C13H24O2.C13H22O2.2C12H16O3.C12H22O2.3C10H14O/c1-4-16(2,3)15(18)19-17(12-8-9-13-17)14-10-6-5-7-11-14;1-6-13(4,5)12(15)16-14(11(2)3)9-7-8-10-14;2*1-5-12(3,4)11(14)15-13(6-2)9-7-8-10-13;2*1-4-12(2,3)11(14)15-10-7-5-9(13)6-8-10;1-5-11(2,3)10(13)14-12(4)8-6-7-9-12;3*1-3-8(2)9-4-6-10(11)7-5-9/h5-7,10-11H,4,8-9,12-13H2,1-3H3;11H,6-10H2,1-5H3;5-10H2,1-4H3;6H,2,5,7-10H2,1,3-4H3;2*5-8,13H,4H2,1-3H3;5-9H2,1-4H3;3*4-8,11H,3H2,1-2H3. The first kappa shape index (κ1) is 128. The molecule has 19 heteroatoms. The van der Waals surface area contributed by atoms with E-state index in [4.69, 9.17) is 58.7 Å². The Morgan fingerprint density at radius 2 is 0.563 bits per heavy atom. The summed E-state index contributed by atoms with van der Waals surface area (Å²) in [4.78, 5) is 83.7. The first-order valence-electron chi connectivity index (χ1n) is 53.5. The minimum absolute atomic E-state index is 0.0197. The molecule has 798 valence electrons. The van der Waals surface area contributed by atoms with Crippen molar-refractivity contribution in [3.05, 3.63) is 187 Å². The van der Waals surface area contributed by atoms with Crippen LogP contribution in [0, 0.1) is 43.8 Å². The van der Waals surface area contributed by atoms with Crippen molar-refractivity contribution in [2.45, 2.75) is 459 Å². The van der Waals surface area contributed by atoms with Crippen molar-refractivity contribution in [2.24, 2.45) is 43.8 Å². The molecule has 3 atom stereocenters. The Kier molecular flexibility index (Phi) is 54.5. The molecule has 5 aliphatic rings. The van der Waals surface area contributed by atoms with E-state index in [2.05, 4.69) is 87.9 Å². The van der Waals surface area contributed by atoms with E-state index in [9.17, 15) is 33.6 Å². The van der Waals surface area contributed by atoms with Gasteiger partial charge in [-0.2, -0.15) is 0 Å². The Morgan fingerprint density at radius 3 is 0.852 bits per heavy atom. The zero-order valence-electron chi connectivity index (χ0n) is 93.9. The second-order valence-electron chi connectivity index (χ2n) is 44.9. The van der Waals surface area contributed by atoms with Gasteiger partial charge in [0.2, 0.25) is 0 Å². The minimum Gasteiger partial charge on any atom is -0.508 e. The fraction of sp³-hybridized carbons (Fsp3) is 0.634. The van der Waals surface area contributed by atoms with E-state index < -0.39 is 16.2 Å². The van der Waals surface area contributed by atoms with E-state index in [1.54, 1.807) is 60.7 Å². The molecule has 0 amide bonds. The molecule has 0 radical (unpaired) electrons. The normalized spacial score (nSPS) is 16.4. The van der Waals surface area contributed by atoms with Crippen LogP contribution in [0.15, 0.2) is 164 Å². The molecule has 11 rings (SSSR count). The summed E-state index contributed by atoms with van der Waals surface area (Å²) < 4.78 is 39.3. The van der Waals surface area contributed by atoms with Crippen LogP contribution in [0.4, 0.5) is 0 Å². The Labute approximate surface area is 859 Å². The summed E-state index contributed by atoms with van der Waals surface area (Å²) in [5.41, 5.74) is 1.07. The maximum atomic E-state index is 12.4. The number of benzene rings is 6. The van der Waals surface area contributed by atoms with Crippen molar-refractivity contribution in [2.75, 3.05) is 0 Å². The van der Waals surface area contributed by atoms with Crippen molar-refractivity contribution in [3.8, 4) is 40.2 Å². The van der Waals surface area contributed by atoms with Gasteiger partial charge in [-0.3, -0.25) is 33.6 Å². The lowest BCUT2D eigenvalue weighted by atomic mass is 9.86. The predicted molar refractivity (Wildman–Crippen MR) is 579 cm³/mol. The molecule has 6 aromatic rings. The number of hydrogen-bond acceptors (Lipinski definition) is 19. The lowest BCUT2D eigenvalue weighted by Crippen LogP contribution is -2.41. The highest BCUT2D eigenvalue weighted by Gasteiger charge is 2.47. The third-order valence-corrected chi connectivity index (χ3v) is 30.8.